The van der Waals surface area contributed by atoms with Crippen LogP contribution in [0.4, 0.5) is 0 Å². The molecule has 0 saturated heterocycles. The number of rotatable bonds is 57. The van der Waals surface area contributed by atoms with Gasteiger partial charge >= 0.3 is 17.9 Å². The van der Waals surface area contributed by atoms with Gasteiger partial charge in [0.1, 0.15) is 13.2 Å². The summed E-state index contributed by atoms with van der Waals surface area (Å²) in [5.74, 6) is -1.02. The first-order valence-electron chi connectivity index (χ1n) is 32.9. The van der Waals surface area contributed by atoms with Gasteiger partial charge in [-0.15, -0.1) is 0 Å². The quantitative estimate of drug-likeness (QED) is 0.0261. The molecule has 0 saturated carbocycles. The van der Waals surface area contributed by atoms with E-state index >= 15 is 0 Å². The van der Waals surface area contributed by atoms with Gasteiger partial charge in [-0.1, -0.05) is 279 Å². The molecule has 0 aromatic rings. The predicted octanol–water partition coefficient (Wildman–Crippen LogP) is 23.0. The molecule has 0 aromatic carbocycles. The van der Waals surface area contributed by atoms with E-state index in [0.29, 0.717) is 19.3 Å². The van der Waals surface area contributed by atoms with E-state index in [0.717, 1.165) is 148 Å². The van der Waals surface area contributed by atoms with E-state index in [1.807, 2.05) is 0 Å². The van der Waals surface area contributed by atoms with Crippen molar-refractivity contribution in [3.63, 3.8) is 0 Å². The summed E-state index contributed by atoms with van der Waals surface area (Å²) in [5.41, 5.74) is 0. The van der Waals surface area contributed by atoms with Gasteiger partial charge in [0.2, 0.25) is 0 Å². The highest BCUT2D eigenvalue weighted by Gasteiger charge is 2.19. The van der Waals surface area contributed by atoms with Crippen LogP contribution < -0.4 is 0 Å². The predicted molar refractivity (Wildman–Crippen MR) is 361 cm³/mol. The number of allylic oxidation sites excluding steroid dienone is 32. The first-order valence-corrected chi connectivity index (χ1v) is 32.9. The Morgan fingerprint density at radius 3 is 0.735 bits per heavy atom. The summed E-state index contributed by atoms with van der Waals surface area (Å²) in [6.45, 7) is 6.32. The highest BCUT2D eigenvalue weighted by atomic mass is 16.6. The van der Waals surface area contributed by atoms with E-state index in [1.165, 1.54) is 51.4 Å². The SMILES string of the molecule is CC/C=C\C/C=C\C/C=C\C/C=C\C/C=C\C/C=C\C/C=C\C/C=C\CCCCC(=O)OCC(COC(=O)CCCCCCCCCCCCC)OC(=O)CCCC/C=C\C/C=C\C/C=C\C/C=C\C/C=C\C/C=C\C/C=C\C/C=C\CC. The lowest BCUT2D eigenvalue weighted by atomic mass is 10.1. The minimum atomic E-state index is -0.831. The van der Waals surface area contributed by atoms with E-state index in [4.69, 9.17) is 14.2 Å². The summed E-state index contributed by atoms with van der Waals surface area (Å²) in [6, 6.07) is 0. The second-order valence-electron chi connectivity index (χ2n) is 20.9. The normalized spacial score (nSPS) is 13.4. The Labute approximate surface area is 509 Å². The summed E-state index contributed by atoms with van der Waals surface area (Å²) < 4.78 is 16.8. The number of hydrogen-bond acceptors (Lipinski definition) is 6. The summed E-state index contributed by atoms with van der Waals surface area (Å²) in [4.78, 5) is 38.3. The van der Waals surface area contributed by atoms with Crippen LogP contribution in [0.3, 0.4) is 0 Å². The molecule has 0 bridgehead atoms. The number of carbonyl (C=O) groups is 3. The van der Waals surface area contributed by atoms with Crippen molar-refractivity contribution in [1.29, 1.82) is 0 Å². The molecule has 0 aromatic heterocycles. The molecule has 0 aliphatic heterocycles. The molecule has 6 heteroatoms. The first-order chi connectivity index (χ1) is 41.0. The number of carbonyl (C=O) groups excluding carboxylic acids is 3. The molecule has 0 spiro atoms. The first kappa shape index (κ1) is 77.2. The lowest BCUT2D eigenvalue weighted by Crippen LogP contribution is -2.30. The van der Waals surface area contributed by atoms with Crippen molar-refractivity contribution >= 4 is 17.9 Å². The monoisotopic (exact) mass is 1140 g/mol. The minimum absolute atomic E-state index is 0.118. The third kappa shape index (κ3) is 66.9. The Kier molecular flexibility index (Phi) is 64.0. The van der Waals surface area contributed by atoms with E-state index < -0.39 is 6.10 Å². The zero-order valence-corrected chi connectivity index (χ0v) is 52.9. The van der Waals surface area contributed by atoms with Crippen LogP contribution in [-0.4, -0.2) is 37.2 Å². The molecule has 1 unspecified atom stereocenters. The topological polar surface area (TPSA) is 78.9 Å². The summed E-state index contributed by atoms with van der Waals surface area (Å²) in [6.07, 6.45) is 104. The van der Waals surface area contributed by atoms with Crippen molar-refractivity contribution in [2.24, 2.45) is 0 Å². The van der Waals surface area contributed by atoms with Crippen molar-refractivity contribution < 1.29 is 28.6 Å². The van der Waals surface area contributed by atoms with Crippen LogP contribution in [0.25, 0.3) is 0 Å². The van der Waals surface area contributed by atoms with Gasteiger partial charge in [-0.05, 0) is 148 Å². The summed E-state index contributed by atoms with van der Waals surface area (Å²) in [5, 5.41) is 0. The standard InChI is InChI=1S/C77H118O6/c1-4-7-10-13-16-19-22-24-26-28-30-32-34-36-38-40-42-44-46-48-50-52-55-58-61-64-67-70-76(79)82-73-74(72-81-75(78)69-66-63-60-57-54-21-18-15-12-9-6-3)83-77(80)71-68-65-62-59-56-53-51-49-47-45-43-41-39-37-35-33-31-29-27-25-23-20-17-14-11-8-5-2/h7-8,10-11,16-17,19-20,24-27,30-33,36-39,42-45,48-51,55-56,58-59,74H,4-6,9,12-15,18,21-23,28-29,34-35,40-41,46-47,52-54,57,60-73H2,1-3H3/b10-7-,11-8-,19-16-,20-17-,26-24-,27-25-,32-30-,33-31-,38-36-,39-37-,44-42-,45-43-,50-48-,51-49-,58-55-,59-56-. The Morgan fingerprint density at radius 2 is 0.470 bits per heavy atom. The van der Waals surface area contributed by atoms with Gasteiger partial charge < -0.3 is 14.2 Å². The zero-order valence-electron chi connectivity index (χ0n) is 52.9. The molecule has 0 aliphatic rings. The third-order valence-electron chi connectivity index (χ3n) is 13.1. The fraction of sp³-hybridized carbons (Fsp3) is 0.545. The van der Waals surface area contributed by atoms with E-state index in [1.54, 1.807) is 0 Å². The number of esters is 3. The van der Waals surface area contributed by atoms with Gasteiger partial charge in [-0.25, -0.2) is 0 Å². The molecule has 1 atom stereocenters. The maximum absolute atomic E-state index is 12.9. The summed E-state index contributed by atoms with van der Waals surface area (Å²) in [7, 11) is 0. The Morgan fingerprint density at radius 1 is 0.253 bits per heavy atom. The maximum atomic E-state index is 12.9. The molecule has 0 radical (unpaired) electrons. The van der Waals surface area contributed by atoms with Gasteiger partial charge in [0.15, 0.2) is 6.10 Å². The van der Waals surface area contributed by atoms with Crippen LogP contribution in [0, 0.1) is 0 Å². The Bertz CT molecular complexity index is 1990. The van der Waals surface area contributed by atoms with E-state index in [9.17, 15) is 14.4 Å². The van der Waals surface area contributed by atoms with Crippen molar-refractivity contribution in [3.8, 4) is 0 Å². The van der Waals surface area contributed by atoms with Crippen molar-refractivity contribution in [2.45, 2.75) is 258 Å². The zero-order chi connectivity index (χ0) is 59.9. The number of unbranched alkanes of at least 4 members (excludes halogenated alkanes) is 14. The van der Waals surface area contributed by atoms with Crippen LogP contribution in [0.5, 0.6) is 0 Å². The molecule has 0 amide bonds. The number of ether oxygens (including phenoxy) is 3. The van der Waals surface area contributed by atoms with Crippen LogP contribution in [0.15, 0.2) is 194 Å². The van der Waals surface area contributed by atoms with Crippen molar-refractivity contribution in [2.75, 3.05) is 13.2 Å². The van der Waals surface area contributed by atoms with Gasteiger partial charge in [0.05, 0.1) is 0 Å². The molecule has 462 valence electrons. The Hall–Kier alpha value is -5.75. The average molecular weight is 1140 g/mol. The molecule has 6 nitrogen and oxygen atoms in total. The van der Waals surface area contributed by atoms with Crippen LogP contribution >= 0.6 is 0 Å². The lowest BCUT2D eigenvalue weighted by molar-refractivity contribution is -0.167. The van der Waals surface area contributed by atoms with Gasteiger partial charge in [0, 0.05) is 19.3 Å². The fourth-order valence-corrected chi connectivity index (χ4v) is 8.24. The lowest BCUT2D eigenvalue weighted by Gasteiger charge is -2.18. The fourth-order valence-electron chi connectivity index (χ4n) is 8.24. The molecule has 0 fully saturated rings. The largest absolute Gasteiger partial charge is 0.462 e. The summed E-state index contributed by atoms with van der Waals surface area (Å²) >= 11 is 0. The molecule has 83 heavy (non-hydrogen) atoms. The molecule has 0 heterocycles. The number of hydrogen-bond donors (Lipinski definition) is 0. The second kappa shape index (κ2) is 68.7. The van der Waals surface area contributed by atoms with Gasteiger partial charge in [-0.2, -0.15) is 0 Å². The highest BCUT2D eigenvalue weighted by Crippen LogP contribution is 2.14. The Balaban J connectivity index is 4.51. The van der Waals surface area contributed by atoms with Crippen LogP contribution in [0.2, 0.25) is 0 Å². The van der Waals surface area contributed by atoms with E-state index in [2.05, 4.69) is 215 Å². The van der Waals surface area contributed by atoms with Crippen LogP contribution in [-0.2, 0) is 28.6 Å². The molecule has 0 aliphatic carbocycles. The minimum Gasteiger partial charge on any atom is -0.462 e. The average Bonchev–Trinajstić information content (AvgIpc) is 3.48. The molecule has 0 rings (SSSR count). The molecular formula is C77H118O6. The molecule has 0 N–H and O–H groups in total. The van der Waals surface area contributed by atoms with Crippen molar-refractivity contribution in [3.05, 3.63) is 194 Å². The van der Waals surface area contributed by atoms with Crippen LogP contribution in [0.1, 0.15) is 252 Å². The van der Waals surface area contributed by atoms with E-state index in [-0.39, 0.29) is 44.0 Å². The van der Waals surface area contributed by atoms with Gasteiger partial charge in [0.25, 0.3) is 0 Å². The van der Waals surface area contributed by atoms with Gasteiger partial charge in [-0.3, -0.25) is 14.4 Å². The molecular weight excluding hydrogens is 1020 g/mol. The second-order valence-corrected chi connectivity index (χ2v) is 20.9. The highest BCUT2D eigenvalue weighted by molar-refractivity contribution is 5.71. The smallest absolute Gasteiger partial charge is 0.306 e. The maximum Gasteiger partial charge on any atom is 0.306 e. The van der Waals surface area contributed by atoms with Crippen molar-refractivity contribution in [1.82, 2.24) is 0 Å². The third-order valence-corrected chi connectivity index (χ3v) is 13.1.